The number of amides is 1. The molecule has 0 heterocycles. The Balaban J connectivity index is 2.02. The summed E-state index contributed by atoms with van der Waals surface area (Å²) in [6, 6.07) is 10.7. The predicted molar refractivity (Wildman–Crippen MR) is 102 cm³/mol. The number of methoxy groups -OCH3 is 1. The molecule has 7 nitrogen and oxygen atoms in total. The molecule has 0 saturated heterocycles. The molecule has 150 valence electrons. The van der Waals surface area contributed by atoms with Gasteiger partial charge in [0.1, 0.15) is 11.4 Å². The van der Waals surface area contributed by atoms with Gasteiger partial charge in [0.2, 0.25) is 5.91 Å². The van der Waals surface area contributed by atoms with Crippen molar-refractivity contribution in [1.29, 1.82) is 0 Å². The number of benzene rings is 2. The van der Waals surface area contributed by atoms with Crippen molar-refractivity contribution < 1.29 is 27.1 Å². The van der Waals surface area contributed by atoms with E-state index in [-0.39, 0.29) is 17.2 Å². The summed E-state index contributed by atoms with van der Waals surface area (Å²) >= 11 is 0. The first kappa shape index (κ1) is 21.4. The quantitative estimate of drug-likeness (QED) is 0.684. The minimum absolute atomic E-state index is 0.00537. The highest BCUT2D eigenvalue weighted by Crippen LogP contribution is 2.17. The third kappa shape index (κ3) is 5.53. The van der Waals surface area contributed by atoms with E-state index in [9.17, 15) is 22.4 Å². The van der Waals surface area contributed by atoms with Gasteiger partial charge < -0.3 is 10.1 Å². The van der Waals surface area contributed by atoms with Gasteiger partial charge in [-0.2, -0.15) is 0 Å². The predicted octanol–water partition coefficient (Wildman–Crippen LogP) is 2.24. The number of halogens is 1. The van der Waals surface area contributed by atoms with Gasteiger partial charge in [-0.25, -0.2) is 17.6 Å². The molecule has 2 N–H and O–H groups in total. The fraction of sp³-hybridized carbons (Fsp3) is 0.263. The molecule has 0 aliphatic rings. The van der Waals surface area contributed by atoms with Gasteiger partial charge in [-0.1, -0.05) is 12.1 Å². The Labute approximate surface area is 163 Å². The lowest BCUT2D eigenvalue weighted by molar-refractivity contribution is -0.149. The van der Waals surface area contributed by atoms with E-state index in [1.54, 1.807) is 12.1 Å². The fourth-order valence-electron chi connectivity index (χ4n) is 2.40. The number of ether oxygens (including phenoxy) is 1. The normalized spacial score (nSPS) is 11.6. The van der Waals surface area contributed by atoms with Gasteiger partial charge in [0.25, 0.3) is 10.0 Å². The third-order valence-corrected chi connectivity index (χ3v) is 5.24. The van der Waals surface area contributed by atoms with Crippen LogP contribution in [0.15, 0.2) is 53.4 Å². The molecular weight excluding hydrogens is 387 g/mol. The molecule has 0 fully saturated rings. The number of rotatable bonds is 7. The van der Waals surface area contributed by atoms with Crippen LogP contribution in [0.25, 0.3) is 0 Å². The monoisotopic (exact) mass is 408 g/mol. The van der Waals surface area contributed by atoms with Crippen LogP contribution in [0.5, 0.6) is 0 Å². The second kappa shape index (κ2) is 8.39. The lowest BCUT2D eigenvalue weighted by Crippen LogP contribution is -2.50. The largest absolute Gasteiger partial charge is 0.467 e. The summed E-state index contributed by atoms with van der Waals surface area (Å²) in [6.45, 7) is 3.06. The van der Waals surface area contributed by atoms with Crippen molar-refractivity contribution >= 4 is 27.6 Å². The van der Waals surface area contributed by atoms with Crippen LogP contribution in [0.1, 0.15) is 19.4 Å². The van der Waals surface area contributed by atoms with Crippen LogP contribution in [0.4, 0.5) is 10.1 Å². The topological polar surface area (TPSA) is 102 Å². The van der Waals surface area contributed by atoms with Crippen LogP contribution in [0.2, 0.25) is 0 Å². The summed E-state index contributed by atoms with van der Waals surface area (Å²) < 4.78 is 44.5. The van der Waals surface area contributed by atoms with Gasteiger partial charge in [0, 0.05) is 5.69 Å². The number of hydrogen-bond acceptors (Lipinski definition) is 5. The molecule has 0 saturated carbocycles. The molecule has 0 aromatic heterocycles. The van der Waals surface area contributed by atoms with Gasteiger partial charge in [-0.3, -0.25) is 9.52 Å². The maximum atomic E-state index is 12.9. The zero-order valence-electron chi connectivity index (χ0n) is 15.7. The molecule has 1 amide bonds. The summed E-state index contributed by atoms with van der Waals surface area (Å²) in [5.74, 6) is -1.47. The average molecular weight is 408 g/mol. The number of nitrogens with one attached hydrogen (secondary N) is 2. The molecule has 2 aromatic carbocycles. The zero-order chi connectivity index (χ0) is 20.9. The second-order valence-corrected chi connectivity index (χ2v) is 8.28. The average Bonchev–Trinajstić information content (AvgIpc) is 2.62. The summed E-state index contributed by atoms with van der Waals surface area (Å²) in [5, 5.41) is 2.58. The number of carbonyl (C=O) groups excluding carboxylic acids is 2. The van der Waals surface area contributed by atoms with E-state index in [0.29, 0.717) is 11.3 Å². The second-order valence-electron chi connectivity index (χ2n) is 6.60. The maximum Gasteiger partial charge on any atom is 0.330 e. The van der Waals surface area contributed by atoms with Crippen LogP contribution in [0, 0.1) is 5.82 Å². The molecule has 0 spiro atoms. The summed E-state index contributed by atoms with van der Waals surface area (Å²) in [7, 11) is -2.61. The smallest absolute Gasteiger partial charge is 0.330 e. The van der Waals surface area contributed by atoms with Crippen LogP contribution >= 0.6 is 0 Å². The summed E-state index contributed by atoms with van der Waals surface area (Å²) in [4.78, 5) is 23.7. The van der Waals surface area contributed by atoms with E-state index in [1.807, 2.05) is 0 Å². The first-order chi connectivity index (χ1) is 13.0. The minimum atomic E-state index is -3.85. The number of anilines is 1. The number of esters is 1. The molecule has 28 heavy (non-hydrogen) atoms. The number of hydrogen-bond donors (Lipinski definition) is 2. The SMILES string of the molecule is COC(=O)C(C)(C)NC(=O)Cc1ccc(NS(=O)(=O)c2ccc(F)cc2)cc1. The molecule has 2 rings (SSSR count). The van der Waals surface area contributed by atoms with Crippen molar-refractivity contribution in [2.45, 2.75) is 30.7 Å². The first-order valence-corrected chi connectivity index (χ1v) is 9.78. The Kier molecular flexibility index (Phi) is 6.40. The van der Waals surface area contributed by atoms with Crippen LogP contribution in [0.3, 0.4) is 0 Å². The highest BCUT2D eigenvalue weighted by Gasteiger charge is 2.30. The fourth-order valence-corrected chi connectivity index (χ4v) is 3.46. The van der Waals surface area contributed by atoms with E-state index < -0.39 is 27.3 Å². The van der Waals surface area contributed by atoms with E-state index in [1.165, 1.54) is 45.2 Å². The Hall–Kier alpha value is -2.94. The van der Waals surface area contributed by atoms with Crippen molar-refractivity contribution in [2.24, 2.45) is 0 Å². The maximum absolute atomic E-state index is 12.9. The van der Waals surface area contributed by atoms with Crippen molar-refractivity contribution in [1.82, 2.24) is 5.32 Å². The Morgan fingerprint density at radius 3 is 2.14 bits per heavy atom. The lowest BCUT2D eigenvalue weighted by Gasteiger charge is -2.23. The third-order valence-electron chi connectivity index (χ3n) is 3.84. The van der Waals surface area contributed by atoms with Gasteiger partial charge in [-0.15, -0.1) is 0 Å². The lowest BCUT2D eigenvalue weighted by atomic mass is 10.0. The first-order valence-electron chi connectivity index (χ1n) is 8.30. The molecule has 0 aliphatic carbocycles. The van der Waals surface area contributed by atoms with Crippen molar-refractivity contribution in [2.75, 3.05) is 11.8 Å². The van der Waals surface area contributed by atoms with Crippen LogP contribution < -0.4 is 10.0 Å². The van der Waals surface area contributed by atoms with Crippen molar-refractivity contribution in [3.05, 3.63) is 59.9 Å². The number of carbonyl (C=O) groups is 2. The summed E-state index contributed by atoms with van der Waals surface area (Å²) in [6.07, 6.45) is 0.00537. The van der Waals surface area contributed by atoms with E-state index in [4.69, 9.17) is 0 Å². The van der Waals surface area contributed by atoms with E-state index in [0.717, 1.165) is 12.1 Å². The Morgan fingerprint density at radius 1 is 1.04 bits per heavy atom. The minimum Gasteiger partial charge on any atom is -0.467 e. The van der Waals surface area contributed by atoms with Crippen LogP contribution in [-0.2, 0) is 30.8 Å². The van der Waals surface area contributed by atoms with Gasteiger partial charge in [0.05, 0.1) is 18.4 Å². The number of sulfonamides is 1. The van der Waals surface area contributed by atoms with Crippen molar-refractivity contribution in [3.8, 4) is 0 Å². The Bertz CT molecular complexity index is 955. The molecule has 0 unspecified atom stereocenters. The molecule has 0 atom stereocenters. The van der Waals surface area contributed by atoms with Gasteiger partial charge in [0.15, 0.2) is 0 Å². The highest BCUT2D eigenvalue weighted by molar-refractivity contribution is 7.92. The highest BCUT2D eigenvalue weighted by atomic mass is 32.2. The van der Waals surface area contributed by atoms with E-state index >= 15 is 0 Å². The molecule has 0 radical (unpaired) electrons. The van der Waals surface area contributed by atoms with Crippen LogP contribution in [-0.4, -0.2) is 32.9 Å². The molecule has 9 heteroatoms. The Morgan fingerprint density at radius 2 is 1.61 bits per heavy atom. The van der Waals surface area contributed by atoms with Gasteiger partial charge in [-0.05, 0) is 55.8 Å². The van der Waals surface area contributed by atoms with Crippen molar-refractivity contribution in [3.63, 3.8) is 0 Å². The molecular formula is C19H21FN2O5S. The summed E-state index contributed by atoms with van der Waals surface area (Å²) in [5.41, 5.74) is -0.234. The van der Waals surface area contributed by atoms with E-state index in [2.05, 4.69) is 14.8 Å². The molecule has 0 aliphatic heterocycles. The zero-order valence-corrected chi connectivity index (χ0v) is 16.5. The molecule has 2 aromatic rings. The van der Waals surface area contributed by atoms with Gasteiger partial charge >= 0.3 is 5.97 Å². The standard InChI is InChI=1S/C19H21FN2O5S/c1-19(2,18(24)27-3)21-17(23)12-13-4-8-15(9-5-13)22-28(25,26)16-10-6-14(20)7-11-16/h4-11,22H,12H2,1-3H3,(H,21,23). The molecule has 0 bridgehead atoms.